The third kappa shape index (κ3) is 3.73. The molecule has 0 aliphatic rings. The van der Waals surface area contributed by atoms with Gasteiger partial charge in [0.15, 0.2) is 5.69 Å². The van der Waals surface area contributed by atoms with E-state index < -0.39 is 11.9 Å². The van der Waals surface area contributed by atoms with E-state index in [0.29, 0.717) is 11.3 Å². The first-order valence-corrected chi connectivity index (χ1v) is 9.20. The van der Waals surface area contributed by atoms with E-state index >= 15 is 0 Å². The van der Waals surface area contributed by atoms with Crippen LogP contribution in [0.1, 0.15) is 27.8 Å². The molecule has 144 valence electrons. The number of rotatable bonds is 5. The largest absolute Gasteiger partial charge is 0.461 e. The van der Waals surface area contributed by atoms with Gasteiger partial charge in [-0.25, -0.2) is 9.59 Å². The van der Waals surface area contributed by atoms with Gasteiger partial charge in [0.25, 0.3) is 0 Å². The maximum atomic E-state index is 12.9. The molecule has 0 spiro atoms. The molecule has 0 atom stereocenters. The van der Waals surface area contributed by atoms with Crippen LogP contribution in [0.15, 0.2) is 78.9 Å². The Hall–Kier alpha value is -3.93. The highest BCUT2D eigenvalue weighted by Crippen LogP contribution is 2.24. The van der Waals surface area contributed by atoms with Crippen LogP contribution in [0.2, 0.25) is 0 Å². The number of benzene rings is 3. The van der Waals surface area contributed by atoms with E-state index in [4.69, 9.17) is 9.47 Å². The highest BCUT2D eigenvalue weighted by Gasteiger charge is 2.21. The Bertz CT molecular complexity index is 1180. The molecule has 4 rings (SSSR count). The summed E-state index contributed by atoms with van der Waals surface area (Å²) >= 11 is 0. The van der Waals surface area contributed by atoms with Crippen LogP contribution in [0.3, 0.4) is 0 Å². The highest BCUT2D eigenvalue weighted by atomic mass is 16.5. The van der Waals surface area contributed by atoms with Crippen molar-refractivity contribution in [3.8, 4) is 11.6 Å². The molecule has 1 aromatic heterocycles. The number of hydrogen-bond acceptors (Lipinski definition) is 5. The lowest BCUT2D eigenvalue weighted by atomic mass is 10.1. The van der Waals surface area contributed by atoms with Gasteiger partial charge in [-0.15, -0.1) is 0 Å². The van der Waals surface area contributed by atoms with Crippen LogP contribution >= 0.6 is 0 Å². The van der Waals surface area contributed by atoms with Gasteiger partial charge in [0, 0.05) is 6.07 Å². The second kappa shape index (κ2) is 7.98. The first kappa shape index (κ1) is 18.4. The average molecular weight is 386 g/mol. The molecule has 0 saturated heterocycles. The van der Waals surface area contributed by atoms with Crippen LogP contribution in [-0.2, 0) is 4.74 Å². The van der Waals surface area contributed by atoms with Crippen molar-refractivity contribution in [2.75, 3.05) is 6.61 Å². The van der Waals surface area contributed by atoms with Gasteiger partial charge in [-0.3, -0.25) is 0 Å². The quantitative estimate of drug-likeness (QED) is 0.475. The van der Waals surface area contributed by atoms with Gasteiger partial charge in [0.05, 0.1) is 17.9 Å². The van der Waals surface area contributed by atoms with Crippen molar-refractivity contribution < 1.29 is 19.1 Å². The van der Waals surface area contributed by atoms with Gasteiger partial charge >= 0.3 is 11.9 Å². The summed E-state index contributed by atoms with van der Waals surface area (Å²) in [5.41, 5.74) is 1.15. The third-order valence-corrected chi connectivity index (χ3v) is 4.37. The summed E-state index contributed by atoms with van der Waals surface area (Å²) in [6.45, 7) is 1.94. The van der Waals surface area contributed by atoms with E-state index in [9.17, 15) is 9.59 Å². The minimum absolute atomic E-state index is 0.0661. The van der Waals surface area contributed by atoms with E-state index in [1.807, 2.05) is 48.5 Å². The Morgan fingerprint density at radius 1 is 0.897 bits per heavy atom. The Morgan fingerprint density at radius 3 is 2.41 bits per heavy atom. The Kier molecular flexibility index (Phi) is 5.07. The van der Waals surface area contributed by atoms with Gasteiger partial charge in [-0.05, 0) is 35.9 Å². The summed E-state index contributed by atoms with van der Waals surface area (Å²) in [6.07, 6.45) is 0. The Morgan fingerprint density at radius 2 is 1.62 bits per heavy atom. The van der Waals surface area contributed by atoms with Crippen LogP contribution in [0, 0.1) is 0 Å². The molecule has 29 heavy (non-hydrogen) atoms. The lowest BCUT2D eigenvalue weighted by Crippen LogP contribution is -2.12. The standard InChI is InChI=1S/C23H18N2O4/c1-2-28-23(27)20-15-21(25(24-20)17-11-4-3-5-12-17)29-22(26)19-14-8-10-16-9-6-7-13-18(16)19/h3-15H,2H2,1H3. The van der Waals surface area contributed by atoms with E-state index in [2.05, 4.69) is 5.10 Å². The Labute approximate surface area is 167 Å². The summed E-state index contributed by atoms with van der Waals surface area (Å²) in [5.74, 6) is -0.976. The highest BCUT2D eigenvalue weighted by molar-refractivity contribution is 6.05. The number of fused-ring (bicyclic) bond motifs is 1. The molecule has 0 amide bonds. The minimum Gasteiger partial charge on any atom is -0.461 e. The maximum absolute atomic E-state index is 12.9. The summed E-state index contributed by atoms with van der Waals surface area (Å²) in [7, 11) is 0. The van der Waals surface area contributed by atoms with Crippen molar-refractivity contribution in [3.05, 3.63) is 90.1 Å². The average Bonchev–Trinajstić information content (AvgIpc) is 3.18. The molecule has 6 heteroatoms. The van der Waals surface area contributed by atoms with Crippen LogP contribution in [0.25, 0.3) is 16.5 Å². The number of esters is 2. The monoisotopic (exact) mass is 386 g/mol. The van der Waals surface area contributed by atoms with E-state index in [1.54, 1.807) is 31.2 Å². The number of carbonyl (C=O) groups excluding carboxylic acids is 2. The zero-order valence-corrected chi connectivity index (χ0v) is 15.7. The smallest absolute Gasteiger partial charge is 0.358 e. The van der Waals surface area contributed by atoms with Crippen LogP contribution < -0.4 is 4.74 Å². The van der Waals surface area contributed by atoms with Gasteiger partial charge < -0.3 is 9.47 Å². The molecule has 4 aromatic rings. The number of carbonyl (C=O) groups is 2. The summed E-state index contributed by atoms with van der Waals surface area (Å²) < 4.78 is 12.1. The molecule has 6 nitrogen and oxygen atoms in total. The molecule has 0 N–H and O–H groups in total. The lowest BCUT2D eigenvalue weighted by molar-refractivity contribution is 0.0518. The van der Waals surface area contributed by atoms with Crippen LogP contribution in [0.4, 0.5) is 0 Å². The predicted octanol–water partition coefficient (Wildman–Crippen LogP) is 4.42. The molecule has 0 aliphatic carbocycles. The summed E-state index contributed by atoms with van der Waals surface area (Å²) in [5, 5.41) is 6.00. The lowest BCUT2D eigenvalue weighted by Gasteiger charge is -2.09. The van der Waals surface area contributed by atoms with Crippen molar-refractivity contribution in [1.29, 1.82) is 0 Å². The number of hydrogen-bond donors (Lipinski definition) is 0. The van der Waals surface area contributed by atoms with Gasteiger partial charge in [-0.2, -0.15) is 9.78 Å². The first-order chi connectivity index (χ1) is 14.2. The topological polar surface area (TPSA) is 70.4 Å². The van der Waals surface area contributed by atoms with Crippen molar-refractivity contribution >= 4 is 22.7 Å². The van der Waals surface area contributed by atoms with E-state index in [1.165, 1.54) is 10.7 Å². The molecule has 0 bridgehead atoms. The number of para-hydroxylation sites is 1. The molecule has 0 unspecified atom stereocenters. The summed E-state index contributed by atoms with van der Waals surface area (Å²) in [4.78, 5) is 25.1. The normalized spacial score (nSPS) is 10.7. The fraction of sp³-hybridized carbons (Fsp3) is 0.0870. The second-order valence-electron chi connectivity index (χ2n) is 6.25. The fourth-order valence-electron chi connectivity index (χ4n) is 3.05. The predicted molar refractivity (Wildman–Crippen MR) is 108 cm³/mol. The number of nitrogens with zero attached hydrogens (tertiary/aromatic N) is 2. The van der Waals surface area contributed by atoms with Crippen molar-refractivity contribution in [2.45, 2.75) is 6.92 Å². The van der Waals surface area contributed by atoms with Crippen molar-refractivity contribution in [3.63, 3.8) is 0 Å². The van der Waals surface area contributed by atoms with Gasteiger partial charge in [-0.1, -0.05) is 54.6 Å². The molecule has 1 heterocycles. The molecule has 0 radical (unpaired) electrons. The zero-order valence-electron chi connectivity index (χ0n) is 15.7. The van der Waals surface area contributed by atoms with Gasteiger partial charge in [0.1, 0.15) is 0 Å². The first-order valence-electron chi connectivity index (χ1n) is 9.20. The van der Waals surface area contributed by atoms with Crippen molar-refractivity contribution in [1.82, 2.24) is 9.78 Å². The van der Waals surface area contributed by atoms with Crippen LogP contribution in [0.5, 0.6) is 5.88 Å². The van der Waals surface area contributed by atoms with E-state index in [-0.39, 0.29) is 18.2 Å². The molecule has 0 fully saturated rings. The molecular formula is C23H18N2O4. The maximum Gasteiger partial charge on any atom is 0.358 e. The summed E-state index contributed by atoms with van der Waals surface area (Å²) in [6, 6.07) is 23.6. The Balaban J connectivity index is 1.73. The molecule has 0 saturated carbocycles. The molecule has 3 aromatic carbocycles. The SMILES string of the molecule is CCOC(=O)c1cc(OC(=O)c2cccc3ccccc23)n(-c2ccccc2)n1. The number of ether oxygens (including phenoxy) is 2. The van der Waals surface area contributed by atoms with E-state index in [0.717, 1.165) is 10.8 Å². The second-order valence-corrected chi connectivity index (χ2v) is 6.25. The van der Waals surface area contributed by atoms with Crippen LogP contribution in [-0.4, -0.2) is 28.3 Å². The third-order valence-electron chi connectivity index (χ3n) is 4.37. The fourth-order valence-corrected chi connectivity index (χ4v) is 3.05. The number of aromatic nitrogens is 2. The minimum atomic E-state index is -0.579. The molecular weight excluding hydrogens is 368 g/mol. The zero-order chi connectivity index (χ0) is 20.2. The molecule has 0 aliphatic heterocycles. The van der Waals surface area contributed by atoms with Gasteiger partial charge in [0.2, 0.25) is 5.88 Å². The van der Waals surface area contributed by atoms with Crippen molar-refractivity contribution in [2.24, 2.45) is 0 Å².